The molecule has 0 atom stereocenters. The molecule has 162 valence electrons. The first-order valence-corrected chi connectivity index (χ1v) is 13.1. The van der Waals surface area contributed by atoms with Gasteiger partial charge in [0.05, 0.1) is 16.8 Å². The molecule has 1 aliphatic heterocycles. The van der Waals surface area contributed by atoms with E-state index >= 15 is 0 Å². The predicted molar refractivity (Wildman–Crippen MR) is 128 cm³/mol. The lowest BCUT2D eigenvalue weighted by molar-refractivity contribution is -0.128. The normalized spacial score (nSPS) is 17.5. The van der Waals surface area contributed by atoms with Crippen molar-refractivity contribution in [2.45, 2.75) is 56.0 Å². The van der Waals surface area contributed by atoms with Crippen LogP contribution in [-0.4, -0.2) is 39.2 Å². The first-order valence-electron chi connectivity index (χ1n) is 11.2. The third kappa shape index (κ3) is 4.44. The molecule has 5 rings (SSSR count). The number of thiophene rings is 1. The van der Waals surface area contributed by atoms with Crippen molar-refractivity contribution >= 4 is 39.2 Å². The first kappa shape index (κ1) is 20.8. The van der Waals surface area contributed by atoms with E-state index in [1.54, 1.807) is 15.9 Å². The summed E-state index contributed by atoms with van der Waals surface area (Å²) >= 11 is 2.93. The van der Waals surface area contributed by atoms with E-state index in [9.17, 15) is 9.59 Å². The summed E-state index contributed by atoms with van der Waals surface area (Å²) < 4.78 is 1.70. The second kappa shape index (κ2) is 9.17. The molecule has 0 spiro atoms. The van der Waals surface area contributed by atoms with Crippen molar-refractivity contribution in [2.75, 3.05) is 18.8 Å². The Balaban J connectivity index is 1.47. The highest BCUT2D eigenvalue weighted by Gasteiger charge is 2.29. The lowest BCUT2D eigenvalue weighted by Crippen LogP contribution is -2.35. The second-order valence-electron chi connectivity index (χ2n) is 8.45. The van der Waals surface area contributed by atoms with Crippen molar-refractivity contribution in [2.24, 2.45) is 0 Å². The van der Waals surface area contributed by atoms with Gasteiger partial charge in [-0.25, -0.2) is 4.98 Å². The van der Waals surface area contributed by atoms with Crippen molar-refractivity contribution in [1.29, 1.82) is 0 Å². The fraction of sp³-hybridized carbons (Fsp3) is 0.458. The molecule has 2 aromatic heterocycles. The van der Waals surface area contributed by atoms with Gasteiger partial charge in [-0.3, -0.25) is 14.2 Å². The quantitative estimate of drug-likeness (QED) is 0.393. The predicted octanol–water partition coefficient (Wildman–Crippen LogP) is 5.21. The van der Waals surface area contributed by atoms with Crippen LogP contribution >= 0.6 is 23.1 Å². The smallest absolute Gasteiger partial charge is 0.267 e. The van der Waals surface area contributed by atoms with Gasteiger partial charge in [0.1, 0.15) is 4.83 Å². The van der Waals surface area contributed by atoms with Crippen molar-refractivity contribution in [1.82, 2.24) is 14.5 Å². The van der Waals surface area contributed by atoms with E-state index < -0.39 is 0 Å². The molecule has 2 fully saturated rings. The van der Waals surface area contributed by atoms with E-state index in [2.05, 4.69) is 5.38 Å². The Kier molecular flexibility index (Phi) is 6.14. The summed E-state index contributed by atoms with van der Waals surface area (Å²) in [6, 6.07) is 9.67. The molecule has 2 aliphatic rings. The molecule has 3 aromatic rings. The molecular formula is C24H27N3O2S2. The summed E-state index contributed by atoms with van der Waals surface area (Å²) in [6.45, 7) is 1.68. The number of nitrogens with zero attached hydrogens (tertiary/aromatic N) is 3. The molecule has 0 bridgehead atoms. The molecule has 1 saturated carbocycles. The summed E-state index contributed by atoms with van der Waals surface area (Å²) in [6.07, 6.45) is 8.13. The number of thioether (sulfide) groups is 1. The van der Waals surface area contributed by atoms with Crippen molar-refractivity contribution < 1.29 is 4.79 Å². The Hall–Kier alpha value is -2.12. The summed E-state index contributed by atoms with van der Waals surface area (Å²) in [7, 11) is 0. The first-order chi connectivity index (χ1) is 15.2. The third-order valence-electron chi connectivity index (χ3n) is 6.17. The zero-order valence-corrected chi connectivity index (χ0v) is 19.2. The van der Waals surface area contributed by atoms with Crippen LogP contribution in [0.5, 0.6) is 0 Å². The van der Waals surface area contributed by atoms with Gasteiger partial charge in [0, 0.05) is 13.1 Å². The maximum Gasteiger partial charge on any atom is 0.267 e. The van der Waals surface area contributed by atoms with Crippen LogP contribution in [0, 0.1) is 0 Å². The average molecular weight is 454 g/mol. The van der Waals surface area contributed by atoms with Crippen molar-refractivity contribution in [3.63, 3.8) is 0 Å². The van der Waals surface area contributed by atoms with Gasteiger partial charge < -0.3 is 4.90 Å². The number of para-hydroxylation sites is 1. The zero-order chi connectivity index (χ0) is 21.2. The zero-order valence-electron chi connectivity index (χ0n) is 17.6. The molecule has 5 nitrogen and oxygen atoms in total. The maximum absolute atomic E-state index is 13.6. The van der Waals surface area contributed by atoms with E-state index in [0.717, 1.165) is 60.2 Å². The van der Waals surface area contributed by atoms with E-state index in [4.69, 9.17) is 4.98 Å². The third-order valence-corrected chi connectivity index (χ3v) is 7.98. The minimum absolute atomic E-state index is 0.0134. The Morgan fingerprint density at radius 1 is 1.06 bits per heavy atom. The molecule has 7 heteroatoms. The van der Waals surface area contributed by atoms with E-state index in [1.807, 2.05) is 35.2 Å². The molecule has 1 saturated heterocycles. The van der Waals surface area contributed by atoms with Crippen LogP contribution in [0.1, 0.15) is 56.4 Å². The standard InChI is InChI=1S/C24H27N3O2S2/c28-20(26-13-7-2-1-3-8-14-26)16-31-24-25-22-21(19(15-30-22)17-11-12-17)23(29)27(24)18-9-5-4-6-10-18/h4-6,9-10,15,17H,1-3,7-8,11-14,16H2. The highest BCUT2D eigenvalue weighted by Crippen LogP contribution is 2.44. The number of benzene rings is 1. The number of hydrogen-bond donors (Lipinski definition) is 0. The van der Waals surface area contributed by atoms with E-state index in [1.165, 1.54) is 31.0 Å². The van der Waals surface area contributed by atoms with Crippen LogP contribution in [0.25, 0.3) is 15.9 Å². The molecular weight excluding hydrogens is 426 g/mol. The largest absolute Gasteiger partial charge is 0.342 e. The van der Waals surface area contributed by atoms with Crippen LogP contribution < -0.4 is 5.56 Å². The monoisotopic (exact) mass is 453 g/mol. The molecule has 31 heavy (non-hydrogen) atoms. The topological polar surface area (TPSA) is 55.2 Å². The minimum Gasteiger partial charge on any atom is -0.342 e. The number of rotatable bonds is 5. The Bertz CT molecular complexity index is 1130. The van der Waals surface area contributed by atoms with Gasteiger partial charge in [-0.15, -0.1) is 11.3 Å². The number of fused-ring (bicyclic) bond motifs is 1. The summed E-state index contributed by atoms with van der Waals surface area (Å²) in [5.74, 6) is 0.955. The lowest BCUT2D eigenvalue weighted by Gasteiger charge is -2.24. The highest BCUT2D eigenvalue weighted by molar-refractivity contribution is 7.99. The fourth-order valence-electron chi connectivity index (χ4n) is 4.30. The van der Waals surface area contributed by atoms with Crippen molar-refractivity contribution in [3.05, 3.63) is 51.6 Å². The Morgan fingerprint density at radius 2 is 1.77 bits per heavy atom. The number of likely N-dealkylation sites (tertiary alicyclic amines) is 1. The molecule has 1 aromatic carbocycles. The summed E-state index contributed by atoms with van der Waals surface area (Å²) in [5, 5.41) is 3.47. The maximum atomic E-state index is 13.6. The Labute approximate surface area is 190 Å². The average Bonchev–Trinajstić information content (AvgIpc) is 3.51. The van der Waals surface area contributed by atoms with Gasteiger partial charge in [-0.05, 0) is 54.7 Å². The SMILES string of the molecule is O=C(CSc1nc2scc(C3CC3)c2c(=O)n1-c1ccccc1)N1CCCCCCC1. The molecule has 0 N–H and O–H groups in total. The second-order valence-corrected chi connectivity index (χ2v) is 10.3. The van der Waals surface area contributed by atoms with Crippen molar-refractivity contribution in [3.8, 4) is 5.69 Å². The van der Waals surface area contributed by atoms with Crippen LogP contribution in [0.15, 0.2) is 45.7 Å². The minimum atomic E-state index is -0.0134. The molecule has 1 amide bonds. The highest BCUT2D eigenvalue weighted by atomic mass is 32.2. The van der Waals surface area contributed by atoms with Crippen LogP contribution in [0.2, 0.25) is 0 Å². The van der Waals surface area contributed by atoms with Gasteiger partial charge in [0.25, 0.3) is 5.56 Å². The molecule has 1 aliphatic carbocycles. The molecule has 3 heterocycles. The van der Waals surface area contributed by atoms with Crippen LogP contribution in [0.3, 0.4) is 0 Å². The lowest BCUT2D eigenvalue weighted by atomic mass is 10.1. The van der Waals surface area contributed by atoms with Crippen LogP contribution in [0.4, 0.5) is 0 Å². The number of carbonyl (C=O) groups excluding carboxylic acids is 1. The van der Waals surface area contributed by atoms with Gasteiger partial charge in [0.15, 0.2) is 5.16 Å². The summed E-state index contributed by atoms with van der Waals surface area (Å²) in [4.78, 5) is 34.2. The number of carbonyl (C=O) groups is 1. The number of aromatic nitrogens is 2. The van der Waals surface area contributed by atoms with Gasteiger partial charge in [-0.1, -0.05) is 49.2 Å². The van der Waals surface area contributed by atoms with Gasteiger partial charge in [0.2, 0.25) is 5.91 Å². The fourth-order valence-corrected chi connectivity index (χ4v) is 6.28. The van der Waals surface area contributed by atoms with Crippen LogP contribution in [-0.2, 0) is 4.79 Å². The molecule has 0 unspecified atom stereocenters. The van der Waals surface area contributed by atoms with Gasteiger partial charge >= 0.3 is 0 Å². The van der Waals surface area contributed by atoms with Gasteiger partial charge in [-0.2, -0.15) is 0 Å². The molecule has 0 radical (unpaired) electrons. The number of amides is 1. The van der Waals surface area contributed by atoms with E-state index in [0.29, 0.717) is 16.8 Å². The Morgan fingerprint density at radius 3 is 2.48 bits per heavy atom. The van der Waals surface area contributed by atoms with E-state index in [-0.39, 0.29) is 11.5 Å². The number of hydrogen-bond acceptors (Lipinski definition) is 5. The summed E-state index contributed by atoms with van der Waals surface area (Å²) in [5.41, 5.74) is 1.94.